The van der Waals surface area contributed by atoms with E-state index in [1.807, 2.05) is 0 Å². The number of primary sulfonamides is 1. The normalized spacial score (nSPS) is 28.0. The van der Waals surface area contributed by atoms with Gasteiger partial charge in [0, 0.05) is 19.1 Å². The number of ether oxygens (including phenoxy) is 2. The van der Waals surface area contributed by atoms with Gasteiger partial charge >= 0.3 is 0 Å². The number of hydrogen-bond acceptors (Lipinski definition) is 6. The molecule has 0 aromatic carbocycles. The number of aromatic nitrogens is 1. The van der Waals surface area contributed by atoms with E-state index in [1.165, 1.54) is 0 Å². The van der Waals surface area contributed by atoms with Gasteiger partial charge in [-0.1, -0.05) is 11.6 Å². The van der Waals surface area contributed by atoms with E-state index in [2.05, 4.69) is 9.88 Å². The van der Waals surface area contributed by atoms with E-state index in [1.54, 1.807) is 0 Å². The van der Waals surface area contributed by atoms with E-state index in [4.69, 9.17) is 26.2 Å². The molecule has 1 aliphatic carbocycles. The zero-order chi connectivity index (χ0) is 18.8. The van der Waals surface area contributed by atoms with E-state index in [0.29, 0.717) is 18.9 Å². The highest BCUT2D eigenvalue weighted by molar-refractivity contribution is 7.89. The molecule has 1 aromatic heterocycles. The largest absolute Gasteiger partial charge is 0.473 e. The lowest BCUT2D eigenvalue weighted by Crippen LogP contribution is -2.48. The van der Waals surface area contributed by atoms with Crippen LogP contribution in [0.2, 0.25) is 5.02 Å². The molecule has 7 nitrogen and oxygen atoms in total. The molecule has 2 N–H and O–H groups in total. The second-order valence-electron chi connectivity index (χ2n) is 6.82. The highest BCUT2D eigenvalue weighted by Gasteiger charge is 2.38. The van der Waals surface area contributed by atoms with Gasteiger partial charge < -0.3 is 9.47 Å². The first-order chi connectivity index (χ1) is 12.3. The standard InChI is InChI=1S/C16H23ClFN3O4S/c17-14-9-13(26(19,22)23)10-20-15(14)25-11-16(18)3-1-12(2-4-16)21-5-7-24-8-6-21/h9-10,12H,1-8,11H2,(H2,19,22,23)/t12-,16-. The summed E-state index contributed by atoms with van der Waals surface area (Å²) < 4.78 is 48.4. The molecule has 1 saturated carbocycles. The maximum absolute atomic E-state index is 15.0. The van der Waals surface area contributed by atoms with Crippen LogP contribution in [-0.2, 0) is 14.8 Å². The molecule has 0 spiro atoms. The summed E-state index contributed by atoms with van der Waals surface area (Å²) in [5.41, 5.74) is -1.44. The number of rotatable bonds is 5. The molecule has 146 valence electrons. The molecule has 0 unspecified atom stereocenters. The molecule has 2 heterocycles. The van der Waals surface area contributed by atoms with E-state index in [-0.39, 0.29) is 22.4 Å². The number of alkyl halides is 1. The number of sulfonamides is 1. The molecule has 26 heavy (non-hydrogen) atoms. The minimum Gasteiger partial charge on any atom is -0.473 e. The van der Waals surface area contributed by atoms with Gasteiger partial charge in [0.05, 0.1) is 19.4 Å². The number of halogens is 2. The van der Waals surface area contributed by atoms with Crippen molar-refractivity contribution in [1.82, 2.24) is 9.88 Å². The van der Waals surface area contributed by atoms with Crippen LogP contribution in [0, 0.1) is 0 Å². The molecular weight excluding hydrogens is 385 g/mol. The first-order valence-corrected chi connectivity index (χ1v) is 10.5. The second kappa shape index (κ2) is 7.93. The third-order valence-electron chi connectivity index (χ3n) is 4.99. The van der Waals surface area contributed by atoms with Crippen molar-refractivity contribution in [2.24, 2.45) is 5.14 Å². The van der Waals surface area contributed by atoms with Crippen LogP contribution in [0.15, 0.2) is 17.2 Å². The van der Waals surface area contributed by atoms with Crippen LogP contribution >= 0.6 is 11.6 Å². The Hall–Kier alpha value is -1.00. The Kier molecular flexibility index (Phi) is 6.03. The van der Waals surface area contributed by atoms with Gasteiger partial charge in [0.25, 0.3) is 0 Å². The Labute approximate surface area is 157 Å². The van der Waals surface area contributed by atoms with Crippen molar-refractivity contribution in [3.05, 3.63) is 17.3 Å². The summed E-state index contributed by atoms with van der Waals surface area (Å²) in [6.45, 7) is 3.11. The Morgan fingerprint density at radius 1 is 1.38 bits per heavy atom. The zero-order valence-corrected chi connectivity index (χ0v) is 15.9. The minimum atomic E-state index is -3.90. The lowest BCUT2D eigenvalue weighted by molar-refractivity contribution is -0.0215. The lowest BCUT2D eigenvalue weighted by atomic mass is 9.83. The number of pyridine rings is 1. The third kappa shape index (κ3) is 4.83. The van der Waals surface area contributed by atoms with Gasteiger partial charge in [0.2, 0.25) is 15.9 Å². The average Bonchev–Trinajstić information content (AvgIpc) is 2.61. The van der Waals surface area contributed by atoms with Crippen LogP contribution in [0.5, 0.6) is 5.88 Å². The van der Waals surface area contributed by atoms with Crippen molar-refractivity contribution in [3.63, 3.8) is 0 Å². The highest BCUT2D eigenvalue weighted by Crippen LogP contribution is 2.35. The van der Waals surface area contributed by atoms with E-state index in [0.717, 1.165) is 51.4 Å². The Bertz CT molecular complexity index is 735. The fraction of sp³-hybridized carbons (Fsp3) is 0.688. The Morgan fingerprint density at radius 2 is 2.04 bits per heavy atom. The lowest BCUT2D eigenvalue weighted by Gasteiger charge is -2.40. The van der Waals surface area contributed by atoms with Crippen molar-refractivity contribution in [3.8, 4) is 5.88 Å². The number of morpholine rings is 1. The van der Waals surface area contributed by atoms with Crippen LogP contribution in [0.25, 0.3) is 0 Å². The number of hydrogen-bond donors (Lipinski definition) is 1. The fourth-order valence-corrected chi connectivity index (χ4v) is 4.21. The maximum atomic E-state index is 15.0. The molecule has 2 aliphatic rings. The Morgan fingerprint density at radius 3 is 2.62 bits per heavy atom. The molecule has 1 saturated heterocycles. The van der Waals surface area contributed by atoms with Crippen LogP contribution in [0.4, 0.5) is 4.39 Å². The quantitative estimate of drug-likeness (QED) is 0.798. The summed E-state index contributed by atoms with van der Waals surface area (Å²) in [6.07, 6.45) is 3.40. The van der Waals surface area contributed by atoms with Gasteiger partial charge in [-0.2, -0.15) is 0 Å². The second-order valence-corrected chi connectivity index (χ2v) is 8.79. The summed E-state index contributed by atoms with van der Waals surface area (Å²) >= 11 is 5.97. The first kappa shape index (κ1) is 19.8. The summed E-state index contributed by atoms with van der Waals surface area (Å²) in [6, 6.07) is 1.54. The van der Waals surface area contributed by atoms with Crippen molar-refractivity contribution in [2.45, 2.75) is 42.3 Å². The van der Waals surface area contributed by atoms with Gasteiger partial charge in [0.15, 0.2) is 0 Å². The van der Waals surface area contributed by atoms with Gasteiger partial charge in [-0.25, -0.2) is 22.9 Å². The molecule has 10 heteroatoms. The van der Waals surface area contributed by atoms with Crippen molar-refractivity contribution in [1.29, 1.82) is 0 Å². The summed E-state index contributed by atoms with van der Waals surface area (Å²) in [5, 5.41) is 5.01. The molecule has 0 amide bonds. The molecule has 1 aromatic rings. The van der Waals surface area contributed by atoms with Crippen molar-refractivity contribution in [2.75, 3.05) is 32.9 Å². The fourth-order valence-electron chi connectivity index (χ4n) is 3.44. The van der Waals surface area contributed by atoms with Gasteiger partial charge in [0.1, 0.15) is 22.2 Å². The minimum absolute atomic E-state index is 0.00592. The van der Waals surface area contributed by atoms with Crippen molar-refractivity contribution >= 4 is 21.6 Å². The molecule has 2 fully saturated rings. The maximum Gasteiger partial charge on any atom is 0.239 e. The molecule has 0 atom stereocenters. The van der Waals surface area contributed by atoms with Gasteiger partial charge in [-0.05, 0) is 31.7 Å². The summed E-state index contributed by atoms with van der Waals surface area (Å²) in [7, 11) is -3.90. The molecule has 3 rings (SSSR count). The molecule has 0 radical (unpaired) electrons. The SMILES string of the molecule is NS(=O)(=O)c1cnc(OC[C@]2(F)CC[C@H](N3CCOCC3)CC2)c(Cl)c1. The number of nitrogens with two attached hydrogens (primary N) is 1. The summed E-state index contributed by atoms with van der Waals surface area (Å²) in [4.78, 5) is 6.00. The first-order valence-electron chi connectivity index (χ1n) is 8.59. The average molecular weight is 408 g/mol. The van der Waals surface area contributed by atoms with Crippen molar-refractivity contribution < 1.29 is 22.3 Å². The molecule has 0 bridgehead atoms. The molecular formula is C16H23ClFN3O4S. The van der Waals surface area contributed by atoms with E-state index in [9.17, 15) is 8.42 Å². The third-order valence-corrected chi connectivity index (χ3v) is 6.14. The summed E-state index contributed by atoms with van der Waals surface area (Å²) in [5.74, 6) is 0.00592. The zero-order valence-electron chi connectivity index (χ0n) is 14.4. The van der Waals surface area contributed by atoms with Gasteiger partial charge in [-0.15, -0.1) is 0 Å². The Balaban J connectivity index is 1.55. The molecule has 1 aliphatic heterocycles. The monoisotopic (exact) mass is 407 g/mol. The predicted molar refractivity (Wildman–Crippen MR) is 94.6 cm³/mol. The highest BCUT2D eigenvalue weighted by atomic mass is 35.5. The van der Waals surface area contributed by atoms with Crippen LogP contribution < -0.4 is 9.88 Å². The number of nitrogens with zero attached hydrogens (tertiary/aromatic N) is 2. The smallest absolute Gasteiger partial charge is 0.239 e. The van der Waals surface area contributed by atoms with E-state index < -0.39 is 15.7 Å². The van der Waals surface area contributed by atoms with Crippen LogP contribution in [0.1, 0.15) is 25.7 Å². The topological polar surface area (TPSA) is 94.8 Å². The van der Waals surface area contributed by atoms with Gasteiger partial charge in [-0.3, -0.25) is 4.90 Å². The predicted octanol–water partition coefficient (Wildman–Crippen LogP) is 1.74. The van der Waals surface area contributed by atoms with E-state index >= 15 is 4.39 Å². The van der Waals surface area contributed by atoms with Crippen LogP contribution in [-0.4, -0.2) is 62.9 Å². The van der Waals surface area contributed by atoms with Crippen LogP contribution in [0.3, 0.4) is 0 Å².